The van der Waals surface area contributed by atoms with Gasteiger partial charge in [0.15, 0.2) is 0 Å². The molecule has 3 rings (SSSR count). The van der Waals surface area contributed by atoms with Gasteiger partial charge in [0.05, 0.1) is 6.04 Å². The van der Waals surface area contributed by atoms with Gasteiger partial charge in [-0.05, 0) is 25.1 Å². The molecule has 0 unspecified atom stereocenters. The standard InChI is InChI=1S/C15H17N3O2/c1-9-3-4-13-11(5-9)6-14(17-13)15(20)18-7-12(8-18)16-10(2)19/h3-6,12,17H,7-8H2,1-2H3,(H,16,19). The minimum Gasteiger partial charge on any atom is -0.351 e. The molecule has 5 heteroatoms. The minimum absolute atomic E-state index is 0.0135. The first kappa shape index (κ1) is 12.7. The number of rotatable bonds is 2. The fourth-order valence-corrected chi connectivity index (χ4v) is 2.56. The van der Waals surface area contributed by atoms with Gasteiger partial charge < -0.3 is 15.2 Å². The number of likely N-dealkylation sites (tertiary alicyclic amines) is 1. The van der Waals surface area contributed by atoms with Crippen molar-refractivity contribution < 1.29 is 9.59 Å². The molecule has 0 spiro atoms. The van der Waals surface area contributed by atoms with Crippen molar-refractivity contribution in [3.05, 3.63) is 35.5 Å². The molecule has 1 aliphatic heterocycles. The summed E-state index contributed by atoms with van der Waals surface area (Å²) in [4.78, 5) is 28.1. The van der Waals surface area contributed by atoms with Crippen LogP contribution in [0.15, 0.2) is 24.3 Å². The van der Waals surface area contributed by atoms with E-state index in [2.05, 4.69) is 16.4 Å². The highest BCUT2D eigenvalue weighted by atomic mass is 16.2. The first-order valence-corrected chi connectivity index (χ1v) is 6.68. The molecule has 0 bridgehead atoms. The molecular formula is C15H17N3O2. The van der Waals surface area contributed by atoms with Crippen LogP contribution < -0.4 is 5.32 Å². The zero-order valence-corrected chi connectivity index (χ0v) is 11.6. The topological polar surface area (TPSA) is 65.2 Å². The van der Waals surface area contributed by atoms with Crippen molar-refractivity contribution in [2.24, 2.45) is 0 Å². The van der Waals surface area contributed by atoms with Crippen molar-refractivity contribution >= 4 is 22.7 Å². The van der Waals surface area contributed by atoms with E-state index in [0.717, 1.165) is 10.9 Å². The summed E-state index contributed by atoms with van der Waals surface area (Å²) in [5, 5.41) is 3.85. The third-order valence-corrected chi connectivity index (χ3v) is 3.58. The van der Waals surface area contributed by atoms with Gasteiger partial charge in [0.2, 0.25) is 5.91 Å². The van der Waals surface area contributed by atoms with Crippen LogP contribution in [0, 0.1) is 6.92 Å². The van der Waals surface area contributed by atoms with E-state index < -0.39 is 0 Å². The molecule has 1 saturated heterocycles. The second-order valence-electron chi connectivity index (χ2n) is 5.38. The highest BCUT2D eigenvalue weighted by molar-refractivity contribution is 5.98. The van der Waals surface area contributed by atoms with Crippen LogP contribution in [-0.4, -0.2) is 40.8 Å². The number of hydrogen-bond acceptors (Lipinski definition) is 2. The molecule has 2 aromatic rings. The molecule has 0 saturated carbocycles. The normalized spacial score (nSPS) is 15.2. The molecular weight excluding hydrogens is 254 g/mol. The molecule has 0 atom stereocenters. The van der Waals surface area contributed by atoms with Gasteiger partial charge in [-0.25, -0.2) is 0 Å². The summed E-state index contributed by atoms with van der Waals surface area (Å²) >= 11 is 0. The number of benzene rings is 1. The molecule has 1 aromatic carbocycles. The van der Waals surface area contributed by atoms with Gasteiger partial charge in [-0.1, -0.05) is 11.6 Å². The van der Waals surface area contributed by atoms with Gasteiger partial charge in [0, 0.05) is 30.9 Å². The van der Waals surface area contributed by atoms with E-state index in [9.17, 15) is 9.59 Å². The van der Waals surface area contributed by atoms with Crippen molar-refractivity contribution in [2.75, 3.05) is 13.1 Å². The number of carbonyl (C=O) groups excluding carboxylic acids is 2. The van der Waals surface area contributed by atoms with E-state index >= 15 is 0 Å². The monoisotopic (exact) mass is 271 g/mol. The molecule has 2 N–H and O–H groups in total. The molecule has 1 aliphatic rings. The van der Waals surface area contributed by atoms with Crippen molar-refractivity contribution in [3.8, 4) is 0 Å². The number of aromatic amines is 1. The maximum absolute atomic E-state index is 12.3. The number of aryl methyl sites for hydroxylation is 1. The maximum Gasteiger partial charge on any atom is 0.270 e. The fourth-order valence-electron chi connectivity index (χ4n) is 2.56. The maximum atomic E-state index is 12.3. The summed E-state index contributed by atoms with van der Waals surface area (Å²) in [7, 11) is 0. The Morgan fingerprint density at radius 1 is 1.30 bits per heavy atom. The second-order valence-corrected chi connectivity index (χ2v) is 5.38. The lowest BCUT2D eigenvalue weighted by atomic mass is 10.1. The number of fused-ring (bicyclic) bond motifs is 1. The number of nitrogens with one attached hydrogen (secondary N) is 2. The Morgan fingerprint density at radius 2 is 2.05 bits per heavy atom. The van der Waals surface area contributed by atoms with Gasteiger partial charge >= 0.3 is 0 Å². The smallest absolute Gasteiger partial charge is 0.270 e. The molecule has 0 radical (unpaired) electrons. The summed E-state index contributed by atoms with van der Waals surface area (Å²) < 4.78 is 0. The number of carbonyl (C=O) groups is 2. The Kier molecular flexibility index (Phi) is 2.97. The lowest BCUT2D eigenvalue weighted by molar-refractivity contribution is -0.120. The highest BCUT2D eigenvalue weighted by Gasteiger charge is 2.32. The van der Waals surface area contributed by atoms with E-state index in [1.807, 2.05) is 25.1 Å². The Bertz CT molecular complexity index is 683. The minimum atomic E-state index is -0.0526. The van der Waals surface area contributed by atoms with Gasteiger partial charge in [-0.3, -0.25) is 9.59 Å². The summed E-state index contributed by atoms with van der Waals surface area (Å²) in [6.45, 7) is 4.67. The first-order valence-electron chi connectivity index (χ1n) is 6.68. The largest absolute Gasteiger partial charge is 0.351 e. The highest BCUT2D eigenvalue weighted by Crippen LogP contribution is 2.20. The number of H-pyrrole nitrogens is 1. The number of hydrogen-bond donors (Lipinski definition) is 2. The molecule has 5 nitrogen and oxygen atoms in total. The number of amides is 2. The molecule has 2 amide bonds. The predicted molar refractivity (Wildman–Crippen MR) is 76.5 cm³/mol. The van der Waals surface area contributed by atoms with E-state index in [4.69, 9.17) is 0 Å². The van der Waals surface area contributed by atoms with Gasteiger partial charge in [-0.15, -0.1) is 0 Å². The molecule has 104 valence electrons. The zero-order valence-electron chi connectivity index (χ0n) is 11.6. The Labute approximate surface area is 117 Å². The SMILES string of the molecule is CC(=O)NC1CN(C(=O)c2cc3cc(C)ccc3[nH]2)C1. The van der Waals surface area contributed by atoms with Crippen LogP contribution in [0.5, 0.6) is 0 Å². The van der Waals surface area contributed by atoms with Crippen molar-refractivity contribution in [1.82, 2.24) is 15.2 Å². The average molecular weight is 271 g/mol. The average Bonchev–Trinajstić information content (AvgIpc) is 2.75. The summed E-state index contributed by atoms with van der Waals surface area (Å²) in [5.74, 6) is -0.0661. The van der Waals surface area contributed by atoms with Gasteiger partial charge in [0.25, 0.3) is 5.91 Å². The molecule has 2 heterocycles. The van der Waals surface area contributed by atoms with Crippen LogP contribution in [0.3, 0.4) is 0 Å². The quantitative estimate of drug-likeness (QED) is 0.868. The lowest BCUT2D eigenvalue weighted by Gasteiger charge is -2.39. The Morgan fingerprint density at radius 3 is 2.75 bits per heavy atom. The van der Waals surface area contributed by atoms with Crippen LogP contribution >= 0.6 is 0 Å². The summed E-state index contributed by atoms with van der Waals surface area (Å²) in [5.41, 5.74) is 2.75. The van der Waals surface area contributed by atoms with Crippen LogP contribution in [0.4, 0.5) is 0 Å². The van der Waals surface area contributed by atoms with E-state index in [-0.39, 0.29) is 17.9 Å². The van der Waals surface area contributed by atoms with Gasteiger partial charge in [0.1, 0.15) is 5.69 Å². The van der Waals surface area contributed by atoms with Crippen LogP contribution in [-0.2, 0) is 4.79 Å². The van der Waals surface area contributed by atoms with E-state index in [1.54, 1.807) is 4.90 Å². The van der Waals surface area contributed by atoms with E-state index in [1.165, 1.54) is 12.5 Å². The Balaban J connectivity index is 1.72. The number of aromatic nitrogens is 1. The van der Waals surface area contributed by atoms with Crippen LogP contribution in [0.1, 0.15) is 23.0 Å². The van der Waals surface area contributed by atoms with Crippen molar-refractivity contribution in [3.63, 3.8) is 0 Å². The molecule has 1 fully saturated rings. The zero-order chi connectivity index (χ0) is 14.3. The third kappa shape index (κ3) is 2.27. The fraction of sp³-hybridized carbons (Fsp3) is 0.333. The first-order chi connectivity index (χ1) is 9.52. The summed E-state index contributed by atoms with van der Waals surface area (Å²) in [6.07, 6.45) is 0. The lowest BCUT2D eigenvalue weighted by Crippen LogP contribution is -2.60. The molecule has 20 heavy (non-hydrogen) atoms. The summed E-state index contributed by atoms with van der Waals surface area (Å²) in [6, 6.07) is 8.03. The molecule has 0 aliphatic carbocycles. The van der Waals surface area contributed by atoms with Crippen molar-refractivity contribution in [2.45, 2.75) is 19.9 Å². The van der Waals surface area contributed by atoms with Crippen LogP contribution in [0.25, 0.3) is 10.9 Å². The third-order valence-electron chi connectivity index (χ3n) is 3.58. The predicted octanol–water partition coefficient (Wildman–Crippen LogP) is 1.44. The van der Waals surface area contributed by atoms with Crippen LogP contribution in [0.2, 0.25) is 0 Å². The second kappa shape index (κ2) is 4.67. The van der Waals surface area contributed by atoms with Crippen molar-refractivity contribution in [1.29, 1.82) is 0 Å². The van der Waals surface area contributed by atoms with Gasteiger partial charge in [-0.2, -0.15) is 0 Å². The Hall–Kier alpha value is -2.30. The number of nitrogens with zero attached hydrogens (tertiary/aromatic N) is 1. The van der Waals surface area contributed by atoms with E-state index in [0.29, 0.717) is 18.8 Å². The molecule has 1 aromatic heterocycles.